The standard InChI is InChI=1S/C10H8N2OS/c1-6-9(8-3-2-4-14-8)7(5-11)10(12)13-6/h2-4H,12H2,1H3. The van der Waals surface area contributed by atoms with Gasteiger partial charge in [0.2, 0.25) is 5.88 Å². The normalized spacial score (nSPS) is 10.0. The van der Waals surface area contributed by atoms with Crippen molar-refractivity contribution in [2.45, 2.75) is 6.92 Å². The van der Waals surface area contributed by atoms with Gasteiger partial charge < -0.3 is 10.2 Å². The maximum absolute atomic E-state index is 8.93. The van der Waals surface area contributed by atoms with Crippen molar-refractivity contribution in [3.05, 3.63) is 28.8 Å². The van der Waals surface area contributed by atoms with Crippen LogP contribution in [-0.4, -0.2) is 0 Å². The Morgan fingerprint density at radius 2 is 2.36 bits per heavy atom. The van der Waals surface area contributed by atoms with Crippen LogP contribution in [0.25, 0.3) is 10.4 Å². The molecule has 0 radical (unpaired) electrons. The SMILES string of the molecule is Cc1oc(N)c(C#N)c1-c1cccs1. The first kappa shape index (κ1) is 8.85. The van der Waals surface area contributed by atoms with Crippen LogP contribution in [0.5, 0.6) is 0 Å². The number of nitriles is 1. The first-order chi connectivity index (χ1) is 6.74. The van der Waals surface area contributed by atoms with Crippen LogP contribution in [0.3, 0.4) is 0 Å². The fourth-order valence-corrected chi connectivity index (χ4v) is 2.22. The van der Waals surface area contributed by atoms with Gasteiger partial charge in [0.05, 0.1) is 5.56 Å². The summed E-state index contributed by atoms with van der Waals surface area (Å²) in [7, 11) is 0. The van der Waals surface area contributed by atoms with Crippen molar-refractivity contribution < 1.29 is 4.42 Å². The molecule has 0 fully saturated rings. The van der Waals surface area contributed by atoms with E-state index in [2.05, 4.69) is 6.07 Å². The molecule has 0 aliphatic rings. The van der Waals surface area contributed by atoms with Crippen LogP contribution in [-0.2, 0) is 0 Å². The average molecular weight is 204 g/mol. The molecule has 0 aliphatic carbocycles. The number of hydrogen-bond donors (Lipinski definition) is 1. The van der Waals surface area contributed by atoms with Crippen LogP contribution in [0.15, 0.2) is 21.9 Å². The third-order valence-corrected chi connectivity index (χ3v) is 2.88. The van der Waals surface area contributed by atoms with E-state index >= 15 is 0 Å². The van der Waals surface area contributed by atoms with Gasteiger partial charge in [0, 0.05) is 4.88 Å². The fraction of sp³-hybridized carbons (Fsp3) is 0.100. The predicted molar refractivity (Wildman–Crippen MR) is 55.9 cm³/mol. The second kappa shape index (κ2) is 3.20. The van der Waals surface area contributed by atoms with E-state index in [9.17, 15) is 0 Å². The average Bonchev–Trinajstić information content (AvgIpc) is 2.72. The van der Waals surface area contributed by atoms with Crippen LogP contribution in [0.1, 0.15) is 11.3 Å². The Morgan fingerprint density at radius 1 is 1.57 bits per heavy atom. The Labute approximate surface area is 85.4 Å². The number of nitrogens with two attached hydrogens (primary N) is 1. The van der Waals surface area contributed by atoms with Gasteiger partial charge in [0.1, 0.15) is 17.4 Å². The smallest absolute Gasteiger partial charge is 0.209 e. The lowest BCUT2D eigenvalue weighted by molar-refractivity contribution is 0.554. The maximum atomic E-state index is 8.93. The van der Waals surface area contributed by atoms with Gasteiger partial charge in [-0.05, 0) is 18.4 Å². The summed E-state index contributed by atoms with van der Waals surface area (Å²) in [5.41, 5.74) is 6.83. The highest BCUT2D eigenvalue weighted by atomic mass is 32.1. The molecule has 0 aromatic carbocycles. The molecule has 2 aromatic rings. The molecular weight excluding hydrogens is 196 g/mol. The van der Waals surface area contributed by atoms with Crippen LogP contribution >= 0.6 is 11.3 Å². The van der Waals surface area contributed by atoms with Crippen molar-refractivity contribution in [3.63, 3.8) is 0 Å². The van der Waals surface area contributed by atoms with Gasteiger partial charge in [-0.3, -0.25) is 0 Å². The molecule has 0 spiro atoms. The summed E-state index contributed by atoms with van der Waals surface area (Å²) < 4.78 is 5.22. The van der Waals surface area contributed by atoms with Crippen molar-refractivity contribution in [1.29, 1.82) is 5.26 Å². The molecule has 0 saturated heterocycles. The maximum Gasteiger partial charge on any atom is 0.209 e. The van der Waals surface area contributed by atoms with Gasteiger partial charge >= 0.3 is 0 Å². The van der Waals surface area contributed by atoms with Gasteiger partial charge in [-0.15, -0.1) is 11.3 Å². The van der Waals surface area contributed by atoms with Crippen LogP contribution in [0.4, 0.5) is 5.88 Å². The van der Waals surface area contributed by atoms with Gasteiger partial charge in [0.15, 0.2) is 0 Å². The minimum Gasteiger partial charge on any atom is -0.444 e. The van der Waals surface area contributed by atoms with E-state index in [0.717, 1.165) is 10.4 Å². The van der Waals surface area contributed by atoms with Crippen LogP contribution in [0, 0.1) is 18.3 Å². The van der Waals surface area contributed by atoms with Crippen molar-refractivity contribution >= 4 is 17.2 Å². The zero-order valence-corrected chi connectivity index (χ0v) is 8.39. The zero-order chi connectivity index (χ0) is 10.1. The molecule has 3 nitrogen and oxygen atoms in total. The summed E-state index contributed by atoms with van der Waals surface area (Å²) in [6.45, 7) is 1.81. The summed E-state index contributed by atoms with van der Waals surface area (Å²) in [4.78, 5) is 1.01. The number of nitrogens with zero attached hydrogens (tertiary/aromatic N) is 1. The number of nitrogen functional groups attached to an aromatic ring is 1. The Kier molecular flexibility index (Phi) is 2.02. The number of anilines is 1. The topological polar surface area (TPSA) is 62.9 Å². The minimum atomic E-state index is 0.202. The summed E-state index contributed by atoms with van der Waals surface area (Å²) in [6.07, 6.45) is 0. The molecule has 0 unspecified atom stereocenters. The molecule has 4 heteroatoms. The Balaban J connectivity index is 2.70. The van der Waals surface area contributed by atoms with Crippen LogP contribution < -0.4 is 5.73 Å². The zero-order valence-electron chi connectivity index (χ0n) is 7.57. The fourth-order valence-electron chi connectivity index (χ4n) is 1.39. The molecule has 0 amide bonds. The van der Waals surface area contributed by atoms with E-state index in [1.54, 1.807) is 11.3 Å². The molecule has 2 rings (SSSR count). The van der Waals surface area contributed by atoms with Crippen molar-refractivity contribution in [2.75, 3.05) is 5.73 Å². The highest BCUT2D eigenvalue weighted by Crippen LogP contribution is 2.35. The van der Waals surface area contributed by atoms with E-state index < -0.39 is 0 Å². The van der Waals surface area contributed by atoms with Crippen molar-refractivity contribution in [1.82, 2.24) is 0 Å². The minimum absolute atomic E-state index is 0.202. The predicted octanol–water partition coefficient (Wildman–Crippen LogP) is 2.77. The molecule has 2 N–H and O–H groups in total. The number of hydrogen-bond acceptors (Lipinski definition) is 4. The van der Waals surface area contributed by atoms with Gasteiger partial charge in [0.25, 0.3) is 0 Å². The quantitative estimate of drug-likeness (QED) is 0.776. The largest absolute Gasteiger partial charge is 0.444 e. The highest BCUT2D eigenvalue weighted by molar-refractivity contribution is 7.13. The molecule has 0 aliphatic heterocycles. The third-order valence-electron chi connectivity index (χ3n) is 1.99. The molecule has 0 atom stereocenters. The molecule has 2 aromatic heterocycles. The molecular formula is C10H8N2OS. The number of rotatable bonds is 1. The molecule has 14 heavy (non-hydrogen) atoms. The van der Waals surface area contributed by atoms with Crippen molar-refractivity contribution in [3.8, 4) is 16.5 Å². The summed E-state index contributed by atoms with van der Waals surface area (Å²) >= 11 is 1.57. The van der Waals surface area contributed by atoms with E-state index in [4.69, 9.17) is 15.4 Å². The second-order valence-corrected chi connectivity index (χ2v) is 3.81. The van der Waals surface area contributed by atoms with Gasteiger partial charge in [-0.1, -0.05) is 6.07 Å². The molecule has 0 bridgehead atoms. The van der Waals surface area contributed by atoms with Crippen LogP contribution in [0.2, 0.25) is 0 Å². The first-order valence-corrected chi connectivity index (χ1v) is 4.95. The monoisotopic (exact) mass is 204 g/mol. The lowest BCUT2D eigenvalue weighted by atomic mass is 10.1. The molecule has 2 heterocycles. The number of aryl methyl sites for hydroxylation is 1. The summed E-state index contributed by atoms with van der Waals surface area (Å²) in [5, 5.41) is 10.9. The first-order valence-electron chi connectivity index (χ1n) is 4.07. The lowest BCUT2D eigenvalue weighted by Crippen LogP contribution is -1.84. The Morgan fingerprint density at radius 3 is 2.93 bits per heavy atom. The van der Waals surface area contributed by atoms with E-state index in [1.807, 2.05) is 24.4 Å². The van der Waals surface area contributed by atoms with E-state index in [1.165, 1.54) is 0 Å². The lowest BCUT2D eigenvalue weighted by Gasteiger charge is -1.92. The summed E-state index contributed by atoms with van der Waals surface area (Å²) in [5.74, 6) is 0.898. The van der Waals surface area contributed by atoms with Crippen molar-refractivity contribution in [2.24, 2.45) is 0 Å². The van der Waals surface area contributed by atoms with E-state index in [-0.39, 0.29) is 5.88 Å². The Hall–Kier alpha value is -1.73. The van der Waals surface area contributed by atoms with E-state index in [0.29, 0.717) is 11.3 Å². The second-order valence-electron chi connectivity index (χ2n) is 2.86. The Bertz CT molecular complexity index is 491. The number of thiophene rings is 1. The van der Waals surface area contributed by atoms with Gasteiger partial charge in [-0.25, -0.2) is 0 Å². The summed E-state index contributed by atoms with van der Waals surface area (Å²) in [6, 6.07) is 5.94. The third kappa shape index (κ3) is 1.19. The number of furan rings is 1. The molecule has 0 saturated carbocycles. The van der Waals surface area contributed by atoms with Gasteiger partial charge in [-0.2, -0.15) is 5.26 Å². The highest BCUT2D eigenvalue weighted by Gasteiger charge is 2.17. The molecule has 70 valence electrons.